The van der Waals surface area contributed by atoms with Gasteiger partial charge in [-0.1, -0.05) is 36.4 Å². The second-order valence-electron chi connectivity index (χ2n) is 7.43. The lowest BCUT2D eigenvalue weighted by molar-refractivity contribution is -0.131. The maximum absolute atomic E-state index is 14.6. The van der Waals surface area contributed by atoms with Gasteiger partial charge in [-0.25, -0.2) is 4.39 Å². The number of hydrazine groups is 1. The Morgan fingerprint density at radius 1 is 0.971 bits per heavy atom. The minimum absolute atomic E-state index is 0.00296. The lowest BCUT2D eigenvalue weighted by Crippen LogP contribution is -2.50. The first-order valence-corrected chi connectivity index (χ1v) is 11.3. The molecule has 2 heterocycles. The summed E-state index contributed by atoms with van der Waals surface area (Å²) in [5.41, 5.74) is 5.17. The van der Waals surface area contributed by atoms with Crippen molar-refractivity contribution >= 4 is 33.2 Å². The fourth-order valence-corrected chi connectivity index (χ4v) is 4.68. The van der Waals surface area contributed by atoms with E-state index in [0.29, 0.717) is 32.9 Å². The van der Waals surface area contributed by atoms with Gasteiger partial charge in [0.1, 0.15) is 29.7 Å². The van der Waals surface area contributed by atoms with Crippen molar-refractivity contribution < 1.29 is 28.2 Å². The molecule has 0 aliphatic carbocycles. The Bertz CT molecular complexity index is 1360. The topological polar surface area (TPSA) is 85.9 Å². The number of rotatable bonds is 5. The average Bonchev–Trinajstić information content (AvgIpc) is 3.26. The van der Waals surface area contributed by atoms with Crippen LogP contribution in [0, 0.1) is 5.82 Å². The van der Waals surface area contributed by atoms with Crippen LogP contribution in [0.15, 0.2) is 72.8 Å². The van der Waals surface area contributed by atoms with Crippen LogP contribution in [0.3, 0.4) is 0 Å². The number of nitrogens with one attached hydrogen (secondary N) is 2. The lowest BCUT2D eigenvalue weighted by atomic mass is 10.1. The first kappa shape index (κ1) is 21.7. The van der Waals surface area contributed by atoms with E-state index in [2.05, 4.69) is 10.9 Å². The molecule has 0 spiro atoms. The summed E-state index contributed by atoms with van der Waals surface area (Å²) in [4.78, 5) is 25.8. The highest BCUT2D eigenvalue weighted by Gasteiger charge is 2.28. The van der Waals surface area contributed by atoms with E-state index in [4.69, 9.17) is 14.2 Å². The first-order chi connectivity index (χ1) is 16.6. The predicted molar refractivity (Wildman–Crippen MR) is 125 cm³/mol. The van der Waals surface area contributed by atoms with Crippen LogP contribution in [0.1, 0.15) is 15.2 Å². The highest BCUT2D eigenvalue weighted by Crippen LogP contribution is 2.34. The molecule has 1 atom stereocenters. The van der Waals surface area contributed by atoms with Crippen molar-refractivity contribution in [2.24, 2.45) is 0 Å². The second kappa shape index (κ2) is 9.40. The van der Waals surface area contributed by atoms with Gasteiger partial charge < -0.3 is 14.2 Å². The third-order valence-electron chi connectivity index (χ3n) is 5.20. The van der Waals surface area contributed by atoms with Crippen molar-refractivity contribution in [1.82, 2.24) is 10.9 Å². The van der Waals surface area contributed by atoms with Gasteiger partial charge in [0, 0.05) is 15.6 Å². The fraction of sp³-hybridized carbons (Fsp3) is 0.120. The summed E-state index contributed by atoms with van der Waals surface area (Å²) < 4.78 is 32.2. The van der Waals surface area contributed by atoms with Crippen LogP contribution < -0.4 is 25.1 Å². The molecule has 7 nitrogen and oxygen atoms in total. The smallest absolute Gasteiger partial charge is 0.283 e. The molecule has 9 heteroatoms. The lowest BCUT2D eigenvalue weighted by Gasteiger charge is -2.25. The number of thiophene rings is 1. The van der Waals surface area contributed by atoms with E-state index in [1.807, 2.05) is 18.2 Å². The normalized spacial score (nSPS) is 14.4. The van der Waals surface area contributed by atoms with Gasteiger partial charge in [0.2, 0.25) is 6.10 Å². The first-order valence-electron chi connectivity index (χ1n) is 10.5. The van der Waals surface area contributed by atoms with Crippen LogP contribution >= 0.6 is 11.3 Å². The van der Waals surface area contributed by atoms with E-state index >= 15 is 0 Å². The number of ether oxygens (including phenoxy) is 3. The maximum atomic E-state index is 14.6. The number of carbonyl (C=O) groups excluding carboxylic acids is 2. The Kier molecular flexibility index (Phi) is 6.01. The summed E-state index contributed by atoms with van der Waals surface area (Å²) in [6.07, 6.45) is -0.934. The van der Waals surface area contributed by atoms with Gasteiger partial charge in [0.05, 0.1) is 0 Å². The summed E-state index contributed by atoms with van der Waals surface area (Å²) in [5.74, 6) is -0.0241. The molecule has 1 unspecified atom stereocenters. The minimum Gasteiger partial charge on any atom is -0.489 e. The van der Waals surface area contributed by atoms with Crippen LogP contribution in [0.4, 0.5) is 4.39 Å². The maximum Gasteiger partial charge on any atom is 0.283 e. The number of benzene rings is 3. The van der Waals surface area contributed by atoms with Crippen LogP contribution in [0.5, 0.6) is 17.2 Å². The molecule has 1 aliphatic heterocycles. The average molecular weight is 479 g/mol. The summed E-state index contributed by atoms with van der Waals surface area (Å²) in [6, 6.07) is 20.7. The van der Waals surface area contributed by atoms with Crippen molar-refractivity contribution in [3.8, 4) is 17.2 Å². The van der Waals surface area contributed by atoms with Gasteiger partial charge >= 0.3 is 0 Å². The Labute approximate surface area is 198 Å². The number of hydrogen-bond acceptors (Lipinski definition) is 6. The molecule has 3 aromatic carbocycles. The third-order valence-corrected chi connectivity index (χ3v) is 6.39. The summed E-state index contributed by atoms with van der Waals surface area (Å²) in [7, 11) is 0. The van der Waals surface area contributed by atoms with Crippen LogP contribution in [0.25, 0.3) is 10.1 Å². The molecule has 1 aromatic heterocycles. The fourth-order valence-electron chi connectivity index (χ4n) is 3.57. The van der Waals surface area contributed by atoms with E-state index in [1.165, 1.54) is 6.07 Å². The molecule has 0 saturated carbocycles. The number of hydrogen-bond donors (Lipinski definition) is 2. The zero-order valence-corrected chi connectivity index (χ0v) is 18.6. The summed E-state index contributed by atoms with van der Waals surface area (Å²) in [6.45, 7) is -0.0129. The van der Waals surface area contributed by atoms with E-state index in [-0.39, 0.29) is 18.1 Å². The molecule has 172 valence electrons. The van der Waals surface area contributed by atoms with Crippen molar-refractivity contribution in [3.05, 3.63) is 89.1 Å². The van der Waals surface area contributed by atoms with E-state index in [0.717, 1.165) is 11.3 Å². The molecule has 2 amide bonds. The van der Waals surface area contributed by atoms with Crippen molar-refractivity contribution in [2.75, 3.05) is 6.61 Å². The van der Waals surface area contributed by atoms with E-state index < -0.39 is 23.7 Å². The third kappa shape index (κ3) is 4.38. The molecule has 0 radical (unpaired) electrons. The van der Waals surface area contributed by atoms with Gasteiger partial charge in [-0.15, -0.1) is 11.3 Å². The van der Waals surface area contributed by atoms with Gasteiger partial charge in [-0.2, -0.15) is 0 Å². The number of amides is 2. The quantitative estimate of drug-likeness (QED) is 0.420. The highest BCUT2D eigenvalue weighted by atomic mass is 32.1. The van der Waals surface area contributed by atoms with Crippen LogP contribution in [-0.4, -0.2) is 24.5 Å². The van der Waals surface area contributed by atoms with Crippen molar-refractivity contribution in [1.29, 1.82) is 0 Å². The van der Waals surface area contributed by atoms with E-state index in [1.54, 1.807) is 48.5 Å². The number of fused-ring (bicyclic) bond motifs is 2. The molecular formula is C25H19FN2O5S. The monoisotopic (exact) mass is 478 g/mol. The molecule has 2 N–H and O–H groups in total. The number of para-hydroxylation sites is 3. The minimum atomic E-state index is -0.934. The number of halogens is 1. The van der Waals surface area contributed by atoms with Crippen molar-refractivity contribution in [2.45, 2.75) is 12.7 Å². The molecule has 34 heavy (non-hydrogen) atoms. The SMILES string of the molecule is O=C(NNC(=O)C1COc2ccccc2O1)c1sc2cccc(F)c2c1COc1ccccc1. The molecule has 5 rings (SSSR count). The Balaban J connectivity index is 1.32. The molecular weight excluding hydrogens is 459 g/mol. The van der Waals surface area contributed by atoms with Gasteiger partial charge in [0.25, 0.3) is 11.8 Å². The predicted octanol–water partition coefficient (Wildman–Crippen LogP) is 4.22. The molecule has 0 bridgehead atoms. The Morgan fingerprint density at radius 3 is 2.56 bits per heavy atom. The largest absolute Gasteiger partial charge is 0.489 e. The molecule has 4 aromatic rings. The standard InChI is InChI=1S/C25H19FN2O5S/c26-17-9-6-12-21-22(17)16(13-31-15-7-2-1-3-8-15)23(34-21)25(30)28-27-24(29)20-14-32-18-10-4-5-11-19(18)33-20/h1-12,20H,13-14H2,(H,27,29)(H,28,30). The van der Waals surface area contributed by atoms with Crippen molar-refractivity contribution in [3.63, 3.8) is 0 Å². The zero-order chi connectivity index (χ0) is 23.5. The van der Waals surface area contributed by atoms with Gasteiger partial charge in [-0.3, -0.25) is 20.4 Å². The molecule has 1 aliphatic rings. The summed E-state index contributed by atoms with van der Waals surface area (Å²) >= 11 is 1.12. The number of carbonyl (C=O) groups is 2. The molecule has 0 fully saturated rings. The van der Waals surface area contributed by atoms with E-state index in [9.17, 15) is 14.0 Å². The van der Waals surface area contributed by atoms with Gasteiger partial charge in [-0.05, 0) is 36.4 Å². The summed E-state index contributed by atoms with van der Waals surface area (Å²) in [5, 5.41) is 0.320. The Morgan fingerprint density at radius 2 is 1.74 bits per heavy atom. The zero-order valence-electron chi connectivity index (χ0n) is 17.7. The Hall–Kier alpha value is -4.11. The molecule has 0 saturated heterocycles. The van der Waals surface area contributed by atoms with Crippen LogP contribution in [0.2, 0.25) is 0 Å². The van der Waals surface area contributed by atoms with Gasteiger partial charge in [0.15, 0.2) is 11.5 Å². The van der Waals surface area contributed by atoms with Crippen LogP contribution in [-0.2, 0) is 11.4 Å². The second-order valence-corrected chi connectivity index (χ2v) is 8.48. The highest BCUT2D eigenvalue weighted by molar-refractivity contribution is 7.21.